The predicted molar refractivity (Wildman–Crippen MR) is 66.1 cm³/mol. The number of rotatable bonds is 3. The molecule has 84 valence electrons. The van der Waals surface area contributed by atoms with E-state index in [0.29, 0.717) is 12.1 Å². The zero-order valence-electron chi connectivity index (χ0n) is 9.52. The molecule has 1 aliphatic rings. The van der Waals surface area contributed by atoms with E-state index in [2.05, 4.69) is 36.3 Å². The van der Waals surface area contributed by atoms with Gasteiger partial charge >= 0.3 is 0 Å². The molecule has 1 fully saturated rings. The van der Waals surface area contributed by atoms with Crippen LogP contribution in [0.2, 0.25) is 0 Å². The molecule has 2 N–H and O–H groups in total. The average molecular weight is 224 g/mol. The third-order valence-corrected chi connectivity index (χ3v) is 4.24. The summed E-state index contributed by atoms with van der Waals surface area (Å²) in [5.41, 5.74) is 6.13. The van der Waals surface area contributed by atoms with Crippen molar-refractivity contribution < 1.29 is 0 Å². The van der Waals surface area contributed by atoms with E-state index in [1.807, 2.05) is 11.3 Å². The normalized spacial score (nSPS) is 26.7. The highest BCUT2D eigenvalue weighted by molar-refractivity contribution is 7.10. The Kier molecular flexibility index (Phi) is 3.44. The first-order valence-electron chi connectivity index (χ1n) is 5.75. The fourth-order valence-corrected chi connectivity index (χ4v) is 3.51. The Balaban J connectivity index is 2.20. The van der Waals surface area contributed by atoms with Crippen LogP contribution in [0.4, 0.5) is 0 Å². The van der Waals surface area contributed by atoms with Crippen molar-refractivity contribution >= 4 is 11.3 Å². The largest absolute Gasteiger partial charge is 0.326 e. The molecule has 2 heterocycles. The lowest BCUT2D eigenvalue weighted by Crippen LogP contribution is -2.40. The SMILES string of the molecule is CC(N)C(c1cccs1)N1CCCC1C. The Morgan fingerprint density at radius 1 is 1.60 bits per heavy atom. The van der Waals surface area contributed by atoms with Gasteiger partial charge in [0.2, 0.25) is 0 Å². The molecule has 3 atom stereocenters. The summed E-state index contributed by atoms with van der Waals surface area (Å²) in [4.78, 5) is 3.98. The van der Waals surface area contributed by atoms with Crippen LogP contribution in [0.25, 0.3) is 0 Å². The second kappa shape index (κ2) is 4.64. The van der Waals surface area contributed by atoms with Gasteiger partial charge in [0.15, 0.2) is 0 Å². The zero-order valence-corrected chi connectivity index (χ0v) is 10.3. The molecule has 1 aliphatic heterocycles. The van der Waals surface area contributed by atoms with Crippen LogP contribution in [0.3, 0.4) is 0 Å². The van der Waals surface area contributed by atoms with Crippen LogP contribution in [-0.2, 0) is 0 Å². The lowest BCUT2D eigenvalue weighted by Gasteiger charge is -2.33. The molecule has 0 radical (unpaired) electrons. The number of thiophene rings is 1. The van der Waals surface area contributed by atoms with Crippen molar-refractivity contribution in [3.05, 3.63) is 22.4 Å². The minimum atomic E-state index is 0.212. The van der Waals surface area contributed by atoms with Crippen molar-refractivity contribution in [3.8, 4) is 0 Å². The lowest BCUT2D eigenvalue weighted by atomic mass is 10.1. The molecule has 0 aromatic carbocycles. The molecule has 0 bridgehead atoms. The van der Waals surface area contributed by atoms with Crippen LogP contribution in [0, 0.1) is 0 Å². The number of hydrogen-bond donors (Lipinski definition) is 1. The predicted octanol–water partition coefficient (Wildman–Crippen LogP) is 2.62. The van der Waals surface area contributed by atoms with Crippen molar-refractivity contribution in [2.45, 2.75) is 44.8 Å². The Morgan fingerprint density at radius 2 is 2.40 bits per heavy atom. The maximum absolute atomic E-state index is 6.13. The van der Waals surface area contributed by atoms with E-state index >= 15 is 0 Å². The molecule has 2 nitrogen and oxygen atoms in total. The number of likely N-dealkylation sites (tertiary alicyclic amines) is 1. The summed E-state index contributed by atoms with van der Waals surface area (Å²) < 4.78 is 0. The summed E-state index contributed by atoms with van der Waals surface area (Å²) in [7, 11) is 0. The van der Waals surface area contributed by atoms with Gasteiger partial charge in [-0.1, -0.05) is 6.07 Å². The first-order valence-corrected chi connectivity index (χ1v) is 6.63. The highest BCUT2D eigenvalue weighted by atomic mass is 32.1. The van der Waals surface area contributed by atoms with Gasteiger partial charge in [0.25, 0.3) is 0 Å². The first-order chi connectivity index (χ1) is 7.20. The number of hydrogen-bond acceptors (Lipinski definition) is 3. The fraction of sp³-hybridized carbons (Fsp3) is 0.667. The van der Waals surface area contributed by atoms with Gasteiger partial charge in [0.05, 0.1) is 6.04 Å². The summed E-state index contributed by atoms with van der Waals surface area (Å²) in [6.07, 6.45) is 2.63. The van der Waals surface area contributed by atoms with E-state index in [9.17, 15) is 0 Å². The quantitative estimate of drug-likeness (QED) is 0.855. The number of nitrogens with zero attached hydrogens (tertiary/aromatic N) is 1. The molecule has 0 spiro atoms. The smallest absolute Gasteiger partial charge is 0.0593 e. The van der Waals surface area contributed by atoms with Gasteiger partial charge in [-0.2, -0.15) is 0 Å². The van der Waals surface area contributed by atoms with Crippen LogP contribution in [0.5, 0.6) is 0 Å². The minimum Gasteiger partial charge on any atom is -0.326 e. The second-order valence-corrected chi connectivity index (χ2v) is 5.53. The molecule has 1 aromatic heterocycles. The third kappa shape index (κ3) is 2.25. The van der Waals surface area contributed by atoms with Crippen molar-refractivity contribution in [1.29, 1.82) is 0 Å². The van der Waals surface area contributed by atoms with E-state index in [4.69, 9.17) is 5.73 Å². The minimum absolute atomic E-state index is 0.212. The number of nitrogens with two attached hydrogens (primary N) is 1. The Hall–Kier alpha value is -0.380. The third-order valence-electron chi connectivity index (χ3n) is 3.29. The van der Waals surface area contributed by atoms with E-state index in [-0.39, 0.29) is 6.04 Å². The van der Waals surface area contributed by atoms with Gasteiger partial charge in [-0.15, -0.1) is 11.3 Å². The van der Waals surface area contributed by atoms with E-state index in [1.54, 1.807) is 0 Å². The molecule has 0 amide bonds. The highest BCUT2D eigenvalue weighted by Crippen LogP contribution is 2.33. The van der Waals surface area contributed by atoms with E-state index in [1.165, 1.54) is 24.3 Å². The molecule has 3 unspecified atom stereocenters. The van der Waals surface area contributed by atoms with Crippen molar-refractivity contribution in [1.82, 2.24) is 4.90 Å². The van der Waals surface area contributed by atoms with Gasteiger partial charge in [-0.05, 0) is 44.7 Å². The maximum atomic E-state index is 6.13. The van der Waals surface area contributed by atoms with Gasteiger partial charge in [0.1, 0.15) is 0 Å². The van der Waals surface area contributed by atoms with Gasteiger partial charge < -0.3 is 5.73 Å². The van der Waals surface area contributed by atoms with Crippen molar-refractivity contribution in [2.24, 2.45) is 5.73 Å². The molecule has 2 rings (SSSR count). The van der Waals surface area contributed by atoms with Gasteiger partial charge in [0, 0.05) is 17.0 Å². The van der Waals surface area contributed by atoms with Crippen LogP contribution >= 0.6 is 11.3 Å². The topological polar surface area (TPSA) is 29.3 Å². The second-order valence-electron chi connectivity index (χ2n) is 4.55. The van der Waals surface area contributed by atoms with E-state index in [0.717, 1.165) is 0 Å². The van der Waals surface area contributed by atoms with Crippen molar-refractivity contribution in [3.63, 3.8) is 0 Å². The zero-order chi connectivity index (χ0) is 10.8. The first kappa shape index (κ1) is 11.1. The summed E-state index contributed by atoms with van der Waals surface area (Å²) in [6, 6.07) is 5.65. The molecule has 3 heteroatoms. The molecule has 1 aromatic rings. The van der Waals surface area contributed by atoms with Gasteiger partial charge in [-0.25, -0.2) is 0 Å². The molecular weight excluding hydrogens is 204 g/mol. The fourth-order valence-electron chi connectivity index (χ4n) is 2.55. The molecule has 15 heavy (non-hydrogen) atoms. The maximum Gasteiger partial charge on any atom is 0.0593 e. The molecule has 1 saturated heterocycles. The van der Waals surface area contributed by atoms with Crippen LogP contribution in [0.1, 0.15) is 37.6 Å². The standard InChI is InChI=1S/C12H20N2S/c1-9-5-3-7-14(9)12(10(2)13)11-6-4-8-15-11/h4,6,8-10,12H,3,5,7,13H2,1-2H3. The summed E-state index contributed by atoms with van der Waals surface area (Å²) in [6.45, 7) is 5.64. The van der Waals surface area contributed by atoms with Crippen LogP contribution in [-0.4, -0.2) is 23.5 Å². The Morgan fingerprint density at radius 3 is 2.87 bits per heavy atom. The summed E-state index contributed by atoms with van der Waals surface area (Å²) in [5.74, 6) is 0. The van der Waals surface area contributed by atoms with Crippen molar-refractivity contribution in [2.75, 3.05) is 6.54 Å². The van der Waals surface area contributed by atoms with Crippen LogP contribution in [0.15, 0.2) is 17.5 Å². The summed E-state index contributed by atoms with van der Waals surface area (Å²) >= 11 is 1.83. The van der Waals surface area contributed by atoms with Gasteiger partial charge in [-0.3, -0.25) is 4.90 Å². The lowest BCUT2D eigenvalue weighted by molar-refractivity contribution is 0.173. The molecule has 0 aliphatic carbocycles. The Labute approximate surface area is 96.1 Å². The monoisotopic (exact) mass is 224 g/mol. The highest BCUT2D eigenvalue weighted by Gasteiger charge is 2.31. The molecule has 0 saturated carbocycles. The Bertz CT molecular complexity index is 295. The molecular formula is C12H20N2S. The van der Waals surface area contributed by atoms with E-state index < -0.39 is 0 Å². The van der Waals surface area contributed by atoms with Crippen LogP contribution < -0.4 is 5.73 Å². The average Bonchev–Trinajstić information content (AvgIpc) is 2.79. The summed E-state index contributed by atoms with van der Waals surface area (Å²) in [5, 5.41) is 2.14.